The Morgan fingerprint density at radius 3 is 1.73 bits per heavy atom. The topological polar surface area (TPSA) is 44.8 Å². The molecule has 0 radical (unpaired) electrons. The smallest absolute Gasteiger partial charge is 0.429 e. The third-order valence-corrected chi connectivity index (χ3v) is 4.99. The van der Waals surface area contributed by atoms with Gasteiger partial charge in [0.05, 0.1) is 11.2 Å². The maximum absolute atomic E-state index is 10.3. The third-order valence-electron chi connectivity index (χ3n) is 4.99. The zero-order valence-corrected chi connectivity index (χ0v) is 15.6. The maximum Gasteiger partial charge on any atom is 0.494 e. The average Bonchev–Trinajstić information content (AvgIpc) is 2.83. The van der Waals surface area contributed by atoms with Gasteiger partial charge in [0, 0.05) is 0 Å². The van der Waals surface area contributed by atoms with Crippen LogP contribution in [0.25, 0.3) is 12.2 Å². The first-order valence-corrected chi connectivity index (χ1v) is 8.65. The molecule has 1 aliphatic heterocycles. The number of rotatable bonds is 5. The average molecular weight is 350 g/mol. The van der Waals surface area contributed by atoms with Gasteiger partial charge in [0.1, 0.15) is 5.75 Å². The van der Waals surface area contributed by atoms with Crippen LogP contribution in [-0.2, 0) is 14.1 Å². The molecule has 26 heavy (non-hydrogen) atoms. The van der Waals surface area contributed by atoms with Crippen LogP contribution in [-0.4, -0.2) is 24.8 Å². The number of hydrogen-bond donors (Lipinski definition) is 0. The van der Waals surface area contributed by atoms with Gasteiger partial charge < -0.3 is 14.0 Å². The van der Waals surface area contributed by atoms with E-state index in [0.29, 0.717) is 12.2 Å². The zero-order valence-electron chi connectivity index (χ0n) is 15.6. The summed E-state index contributed by atoms with van der Waals surface area (Å²) in [5.41, 5.74) is 2.44. The molecule has 0 unspecified atom stereocenters. The lowest BCUT2D eigenvalue weighted by atomic mass is 9.79. The van der Waals surface area contributed by atoms with Gasteiger partial charge in [-0.05, 0) is 56.4 Å². The molecule has 0 amide bonds. The standard InChI is InChI=1S/C21H23BO4/c1-20(2)21(3,4)26-22(25-20)18-11-7-16(8-12-18)5-6-17-9-13-19(14-10-17)24-15-23/h5-15H,1-4H3/b6-5+. The molecule has 0 aromatic heterocycles. The Hall–Kier alpha value is -2.37. The van der Waals surface area contributed by atoms with E-state index >= 15 is 0 Å². The van der Waals surface area contributed by atoms with Crippen LogP contribution in [0, 0.1) is 0 Å². The van der Waals surface area contributed by atoms with Crippen LogP contribution in [0.2, 0.25) is 0 Å². The van der Waals surface area contributed by atoms with Gasteiger partial charge in [0.15, 0.2) is 0 Å². The highest BCUT2D eigenvalue weighted by atomic mass is 16.7. The van der Waals surface area contributed by atoms with Crippen molar-refractivity contribution < 1.29 is 18.8 Å². The van der Waals surface area contributed by atoms with E-state index in [-0.39, 0.29) is 18.3 Å². The SMILES string of the molecule is CC1(C)OB(c2ccc(/C=C/c3ccc(OC=O)cc3)cc2)OC1(C)C. The fraction of sp³-hybridized carbons (Fsp3) is 0.286. The Labute approximate surface area is 154 Å². The first-order valence-electron chi connectivity index (χ1n) is 8.65. The van der Waals surface area contributed by atoms with Gasteiger partial charge in [0.2, 0.25) is 0 Å². The van der Waals surface area contributed by atoms with E-state index < -0.39 is 0 Å². The van der Waals surface area contributed by atoms with Crippen LogP contribution in [0.1, 0.15) is 38.8 Å². The summed E-state index contributed by atoms with van der Waals surface area (Å²) in [6.45, 7) is 8.63. The van der Waals surface area contributed by atoms with Crippen molar-refractivity contribution >= 4 is 31.2 Å². The zero-order chi connectivity index (χ0) is 18.8. The summed E-state index contributed by atoms with van der Waals surface area (Å²) in [5, 5.41) is 0. The summed E-state index contributed by atoms with van der Waals surface area (Å²) in [4.78, 5) is 10.3. The van der Waals surface area contributed by atoms with E-state index in [4.69, 9.17) is 14.0 Å². The molecule has 1 fully saturated rings. The lowest BCUT2D eigenvalue weighted by molar-refractivity contribution is -0.120. The Morgan fingerprint density at radius 1 is 0.808 bits per heavy atom. The second-order valence-electron chi connectivity index (χ2n) is 7.37. The van der Waals surface area contributed by atoms with Gasteiger partial charge >= 0.3 is 7.12 Å². The van der Waals surface area contributed by atoms with E-state index in [1.54, 1.807) is 12.1 Å². The fourth-order valence-electron chi connectivity index (χ4n) is 2.65. The molecule has 2 aromatic rings. The fourth-order valence-corrected chi connectivity index (χ4v) is 2.65. The van der Waals surface area contributed by atoms with Crippen LogP contribution >= 0.6 is 0 Å². The van der Waals surface area contributed by atoms with E-state index in [9.17, 15) is 4.79 Å². The van der Waals surface area contributed by atoms with Crippen molar-refractivity contribution in [3.63, 3.8) is 0 Å². The highest BCUT2D eigenvalue weighted by molar-refractivity contribution is 6.62. The molecule has 1 heterocycles. The van der Waals surface area contributed by atoms with E-state index in [0.717, 1.165) is 16.6 Å². The first kappa shape index (κ1) is 18.4. The lowest BCUT2D eigenvalue weighted by Crippen LogP contribution is -2.41. The van der Waals surface area contributed by atoms with Crippen LogP contribution < -0.4 is 10.2 Å². The van der Waals surface area contributed by atoms with Gasteiger partial charge in [-0.15, -0.1) is 0 Å². The molecule has 2 aromatic carbocycles. The van der Waals surface area contributed by atoms with Crippen LogP contribution in [0.4, 0.5) is 0 Å². The molecule has 1 aliphatic rings. The van der Waals surface area contributed by atoms with Crippen molar-refractivity contribution in [2.45, 2.75) is 38.9 Å². The maximum atomic E-state index is 10.3. The van der Waals surface area contributed by atoms with Crippen molar-refractivity contribution in [2.24, 2.45) is 0 Å². The van der Waals surface area contributed by atoms with Crippen molar-refractivity contribution in [2.75, 3.05) is 0 Å². The second-order valence-corrected chi connectivity index (χ2v) is 7.37. The third kappa shape index (κ3) is 3.89. The van der Waals surface area contributed by atoms with Gasteiger partial charge in [-0.2, -0.15) is 0 Å². The van der Waals surface area contributed by atoms with Gasteiger partial charge in [0.25, 0.3) is 6.47 Å². The Bertz CT molecular complexity index is 776. The predicted molar refractivity (Wildman–Crippen MR) is 104 cm³/mol. The summed E-state index contributed by atoms with van der Waals surface area (Å²) in [5.74, 6) is 0.531. The monoisotopic (exact) mass is 350 g/mol. The summed E-state index contributed by atoms with van der Waals surface area (Å²) in [6.07, 6.45) is 4.04. The predicted octanol–water partition coefficient (Wildman–Crippen LogP) is 3.69. The van der Waals surface area contributed by atoms with Crippen LogP contribution in [0.3, 0.4) is 0 Å². The summed E-state index contributed by atoms with van der Waals surface area (Å²) < 4.78 is 16.9. The molecule has 0 bridgehead atoms. The van der Waals surface area contributed by atoms with Gasteiger partial charge in [-0.3, -0.25) is 4.79 Å². The van der Waals surface area contributed by atoms with E-state index in [2.05, 4.69) is 27.7 Å². The minimum atomic E-state index is -0.344. The summed E-state index contributed by atoms with van der Waals surface area (Å²) >= 11 is 0. The normalized spacial score (nSPS) is 18.2. The molecule has 0 N–H and O–H groups in total. The lowest BCUT2D eigenvalue weighted by Gasteiger charge is -2.32. The second kappa shape index (κ2) is 7.10. The molecule has 0 spiro atoms. The number of hydrogen-bond acceptors (Lipinski definition) is 4. The first-order chi connectivity index (χ1) is 12.3. The van der Waals surface area contributed by atoms with Gasteiger partial charge in [-0.25, -0.2) is 0 Å². The van der Waals surface area contributed by atoms with Crippen molar-refractivity contribution in [1.82, 2.24) is 0 Å². The highest BCUT2D eigenvalue weighted by Gasteiger charge is 2.51. The summed E-state index contributed by atoms with van der Waals surface area (Å²) in [6, 6.07) is 15.5. The summed E-state index contributed by atoms with van der Waals surface area (Å²) in [7, 11) is -0.344. The van der Waals surface area contributed by atoms with Crippen molar-refractivity contribution in [3.05, 3.63) is 59.7 Å². The molecule has 0 aliphatic carbocycles. The minimum Gasteiger partial charge on any atom is -0.429 e. The number of carbonyl (C=O) groups excluding carboxylic acids is 1. The number of carbonyl (C=O) groups is 1. The molecule has 134 valence electrons. The minimum absolute atomic E-state index is 0.337. The molecule has 5 heteroatoms. The van der Waals surface area contributed by atoms with Crippen molar-refractivity contribution in [3.8, 4) is 5.75 Å². The number of benzene rings is 2. The molecule has 0 saturated carbocycles. The molecule has 1 saturated heterocycles. The van der Waals surface area contributed by atoms with Crippen LogP contribution in [0.15, 0.2) is 48.5 Å². The van der Waals surface area contributed by atoms with Gasteiger partial charge in [-0.1, -0.05) is 48.6 Å². The molecular formula is C21H23BO4. The van der Waals surface area contributed by atoms with Crippen molar-refractivity contribution in [1.29, 1.82) is 0 Å². The Morgan fingerprint density at radius 2 is 1.27 bits per heavy atom. The largest absolute Gasteiger partial charge is 0.494 e. The molecular weight excluding hydrogens is 327 g/mol. The molecule has 3 rings (SSSR count). The quantitative estimate of drug-likeness (QED) is 0.469. The van der Waals surface area contributed by atoms with Crippen LogP contribution in [0.5, 0.6) is 5.75 Å². The molecule has 4 nitrogen and oxygen atoms in total. The van der Waals surface area contributed by atoms with E-state index in [1.807, 2.05) is 48.6 Å². The number of ether oxygens (including phenoxy) is 1. The highest BCUT2D eigenvalue weighted by Crippen LogP contribution is 2.36. The Balaban J connectivity index is 1.67. The molecule has 0 atom stereocenters. The van der Waals surface area contributed by atoms with E-state index in [1.165, 1.54) is 0 Å². The Kier molecular flexibility index (Phi) is 5.03.